The van der Waals surface area contributed by atoms with E-state index in [2.05, 4.69) is 62.5 Å². The average molecular weight is 993 g/mol. The largest absolute Gasteiger partial charge is 1.00 e. The number of aldehydes is 1. The molecule has 3 N–H and O–H groups in total. The van der Waals surface area contributed by atoms with E-state index in [0.29, 0.717) is 31.6 Å². The van der Waals surface area contributed by atoms with E-state index in [-0.39, 0.29) is 92.7 Å². The Morgan fingerprint density at radius 2 is 1.71 bits per heavy atom. The maximum atomic E-state index is 14.8. The van der Waals surface area contributed by atoms with E-state index < -0.39 is 6.04 Å². The van der Waals surface area contributed by atoms with E-state index >= 15 is 0 Å². The molecule has 380 valence electrons. The number of allylic oxidation sites excluding steroid dienone is 6. The van der Waals surface area contributed by atoms with Crippen LogP contribution in [0.2, 0.25) is 0 Å². The van der Waals surface area contributed by atoms with Crippen molar-refractivity contribution < 1.29 is 79.3 Å². The number of anilines is 1. The fraction of sp³-hybridized carbons (Fsp3) is 0.509. The summed E-state index contributed by atoms with van der Waals surface area (Å²) in [6, 6.07) is 4.53. The number of nitrogens with zero attached hydrogens (tertiary/aromatic N) is 5. The minimum Gasteiger partial charge on any atom is -0.388 e. The molecule has 15 heteroatoms. The maximum Gasteiger partial charge on any atom is 1.00 e. The fourth-order valence-corrected chi connectivity index (χ4v) is 8.98. The number of nitrogens with one attached hydrogen (secondary N) is 3. The van der Waals surface area contributed by atoms with Crippen LogP contribution in [-0.4, -0.2) is 117 Å². The summed E-state index contributed by atoms with van der Waals surface area (Å²) in [5, 5.41) is 8.75. The van der Waals surface area contributed by atoms with Crippen molar-refractivity contribution in [2.24, 2.45) is 5.92 Å². The Hall–Kier alpha value is -3.83. The summed E-state index contributed by atoms with van der Waals surface area (Å²) in [5.41, 5.74) is 8.25. The number of rotatable bonds is 17. The van der Waals surface area contributed by atoms with Gasteiger partial charge in [0.25, 0.3) is 0 Å². The molecule has 1 amide bonds. The number of piperidine rings is 1. The molecule has 6 rings (SSSR count). The molecule has 3 fully saturated rings. The Kier molecular flexibility index (Phi) is 29.4. The normalized spacial score (nSPS) is 18.3. The molecule has 1 unspecified atom stereocenters. The molecular weight excluding hydrogens is 914 g/mol. The van der Waals surface area contributed by atoms with Crippen molar-refractivity contribution in [3.05, 3.63) is 125 Å². The van der Waals surface area contributed by atoms with Crippen molar-refractivity contribution in [3.8, 4) is 0 Å². The van der Waals surface area contributed by atoms with E-state index in [1.807, 2.05) is 71.8 Å². The van der Waals surface area contributed by atoms with Crippen LogP contribution in [0.5, 0.6) is 0 Å². The second kappa shape index (κ2) is 33.0. The van der Waals surface area contributed by atoms with E-state index in [1.54, 1.807) is 25.6 Å². The summed E-state index contributed by atoms with van der Waals surface area (Å²) < 4.78 is 29.5. The molecule has 0 saturated carbocycles. The molecule has 4 heterocycles. The summed E-state index contributed by atoms with van der Waals surface area (Å²) in [4.78, 5) is 58.7. The van der Waals surface area contributed by atoms with E-state index in [4.69, 9.17) is 0 Å². The van der Waals surface area contributed by atoms with Crippen LogP contribution in [0.15, 0.2) is 77.3 Å². The Labute approximate surface area is 461 Å². The second-order valence-electron chi connectivity index (χ2n) is 17.5. The van der Waals surface area contributed by atoms with Gasteiger partial charge in [-0.1, -0.05) is 52.2 Å². The van der Waals surface area contributed by atoms with Crippen molar-refractivity contribution in [3.63, 3.8) is 0 Å². The van der Waals surface area contributed by atoms with Crippen molar-refractivity contribution in [1.82, 2.24) is 35.6 Å². The minimum atomic E-state index is -0.475. The Morgan fingerprint density at radius 1 is 1.01 bits per heavy atom. The van der Waals surface area contributed by atoms with Crippen LogP contribution in [-0.2, 0) is 19.2 Å². The van der Waals surface area contributed by atoms with Gasteiger partial charge in [-0.15, -0.1) is 17.2 Å². The molecule has 1 aliphatic carbocycles. The molecule has 4 aliphatic rings. The summed E-state index contributed by atoms with van der Waals surface area (Å²) in [6.07, 6.45) is 18.9. The zero-order valence-corrected chi connectivity index (χ0v) is 47.0. The van der Waals surface area contributed by atoms with Crippen LogP contribution in [0.25, 0.3) is 6.08 Å². The Balaban J connectivity index is 0.000000456. The number of amides is 1. The summed E-state index contributed by atoms with van der Waals surface area (Å²) in [7, 11) is 3.74. The molecule has 0 bridgehead atoms. The van der Waals surface area contributed by atoms with Crippen LogP contribution >= 0.6 is 0 Å². The number of hydrogen-bond donors (Lipinski definition) is 3. The third-order valence-electron chi connectivity index (χ3n) is 12.7. The number of carbonyl (C=O) groups excluding carboxylic acids is 4. The van der Waals surface area contributed by atoms with Crippen LogP contribution in [0.3, 0.4) is 0 Å². The first-order valence-electron chi connectivity index (χ1n) is 24.8. The van der Waals surface area contributed by atoms with Crippen LogP contribution in [0.1, 0.15) is 120 Å². The molecule has 0 radical (unpaired) electrons. The monoisotopic (exact) mass is 993 g/mol. The van der Waals surface area contributed by atoms with E-state index in [1.165, 1.54) is 23.8 Å². The van der Waals surface area contributed by atoms with Crippen LogP contribution in [0.4, 0.5) is 14.5 Å². The summed E-state index contributed by atoms with van der Waals surface area (Å²) in [6.45, 7) is 28.1. The van der Waals surface area contributed by atoms with Crippen LogP contribution < -0.4 is 72.2 Å². The average Bonchev–Trinajstić information content (AvgIpc) is 3.76. The van der Waals surface area contributed by atoms with Gasteiger partial charge in [0.1, 0.15) is 18.2 Å². The summed E-state index contributed by atoms with van der Waals surface area (Å²) in [5.74, 6) is -0.0478. The number of ketones is 1. The predicted molar refractivity (Wildman–Crippen MR) is 277 cm³/mol. The predicted octanol–water partition coefficient (Wildman–Crippen LogP) is 5.81. The number of hydrogen-bond acceptors (Lipinski definition) is 11. The number of benzene rings is 1. The molecule has 3 saturated heterocycles. The molecule has 70 heavy (non-hydrogen) atoms. The number of pyridine rings is 1. The number of halogens is 2. The van der Waals surface area contributed by atoms with Gasteiger partial charge in [-0.3, -0.25) is 29.2 Å². The molecule has 1 aromatic carbocycles. The number of aryl methyl sites for hydroxylation is 2. The molecule has 0 spiro atoms. The molecule has 3 aliphatic heterocycles. The third kappa shape index (κ3) is 19.0. The van der Waals surface area contributed by atoms with Gasteiger partial charge in [-0.2, -0.15) is 18.9 Å². The van der Waals surface area contributed by atoms with Crippen molar-refractivity contribution in [2.75, 3.05) is 71.5 Å². The number of aromatic nitrogens is 1. The van der Waals surface area contributed by atoms with Crippen molar-refractivity contribution in [2.45, 2.75) is 112 Å². The van der Waals surface area contributed by atoms with Gasteiger partial charge in [0.15, 0.2) is 5.78 Å². The smallest absolute Gasteiger partial charge is 0.388 e. The van der Waals surface area contributed by atoms with E-state index in [0.717, 1.165) is 123 Å². The standard InChI is InChI=1S/C30H36FN4O2.C21H31FN4O2.2C2H6.K/c1-21(16-27-23(3)33-11-6-29(27)34(5)12-9-26(32-4)10-15-36)19-35-13-7-25(8-14-35)30-22(2)17-24(20-37)18-28(30)31;1-3-15(4-2)13-25-9-10-26(14-25)20-8-5-16(11-18(20)22)24-19-7-6-17(27)12-23-21(19)28;2*1-2;/h6,9-12,15-18,25,32H,7-8,13-14,19H2,1-5H3;11,15,19,24H,1-10,12-14H2,(H,23,28);2*1-2H3;/q-1;-2;;;+1/b12-9-,21-16+,26-10+;;;;. The Morgan fingerprint density at radius 3 is 2.33 bits per heavy atom. The van der Waals surface area contributed by atoms with Gasteiger partial charge in [0, 0.05) is 81.3 Å². The maximum absolute atomic E-state index is 14.8. The van der Waals surface area contributed by atoms with Crippen molar-refractivity contribution >= 4 is 36.0 Å². The van der Waals surface area contributed by atoms with Gasteiger partial charge in [0.05, 0.1) is 36.7 Å². The first-order chi connectivity index (χ1) is 33.3. The zero-order valence-electron chi connectivity index (χ0n) is 43.9. The zero-order chi connectivity index (χ0) is 51.0. The van der Waals surface area contributed by atoms with Gasteiger partial charge in [-0.05, 0) is 95.3 Å². The number of Topliss-reactive ketones (excluding diaryl/α,β-unsaturated/α-hetero) is 1. The number of likely N-dealkylation sites (N-methyl/N-ethyl adjacent to an activating group) is 1. The Bertz CT molecular complexity index is 2140. The first-order valence-corrected chi connectivity index (χ1v) is 24.8. The number of carbonyl (C=O) groups is 3. The van der Waals surface area contributed by atoms with Gasteiger partial charge in [-0.25, -0.2) is 8.78 Å². The molecule has 2 aromatic rings. The van der Waals surface area contributed by atoms with Gasteiger partial charge < -0.3 is 44.4 Å². The molecule has 1 aromatic heterocycles. The second-order valence-corrected chi connectivity index (χ2v) is 17.5. The molecule has 12 nitrogen and oxygen atoms in total. The van der Waals surface area contributed by atoms with Gasteiger partial charge >= 0.3 is 51.4 Å². The third-order valence-corrected chi connectivity index (χ3v) is 12.7. The fourth-order valence-electron chi connectivity index (χ4n) is 8.98. The number of likely N-dealkylation sites (tertiary alicyclic amines) is 1. The SMILES string of the molecule is CC.CC.CNC(/C=C\N(C)c1ccnc(C)c1/C=C(\C)CN1CCC(c2c(C)cc([C-]=O)cc2F)CC1)=C/C=O.[CH2-]CC(C[CH2-])CN1CCN(C2=C(F)C=C(NC3CCC(=O)CNC3=O)CC2)C1.[K+]. The van der Waals surface area contributed by atoms with Crippen molar-refractivity contribution in [1.29, 1.82) is 0 Å². The van der Waals surface area contributed by atoms with Gasteiger partial charge in [0.2, 0.25) is 5.91 Å². The molecular formula is C55H79F2KN8O4-2. The molecule has 1 atom stereocenters. The topological polar surface area (TPSA) is 130 Å². The van der Waals surface area contributed by atoms with E-state index in [9.17, 15) is 28.0 Å². The quantitative estimate of drug-likeness (QED) is 0.0585. The van der Waals surface area contributed by atoms with Crippen LogP contribution in [0, 0.1) is 39.4 Å². The summed E-state index contributed by atoms with van der Waals surface area (Å²) >= 11 is 0. The first kappa shape index (κ1) is 62.3. The minimum absolute atomic E-state index is 0.